The van der Waals surface area contributed by atoms with E-state index in [1.807, 2.05) is 35.8 Å². The van der Waals surface area contributed by atoms with Crippen LogP contribution in [0.25, 0.3) is 11.4 Å². The number of carbonyl (C=O) groups is 1. The zero-order chi connectivity index (χ0) is 18.7. The van der Waals surface area contributed by atoms with Gasteiger partial charge < -0.3 is 9.09 Å². The second-order valence-electron chi connectivity index (χ2n) is 5.64. The van der Waals surface area contributed by atoms with Crippen LogP contribution in [0.15, 0.2) is 40.0 Å². The maximum atomic E-state index is 12.3. The number of aryl methyl sites for hydroxylation is 1. The molecule has 2 heterocycles. The quantitative estimate of drug-likeness (QED) is 0.638. The van der Waals surface area contributed by atoms with Crippen LogP contribution in [0.1, 0.15) is 19.5 Å². The summed E-state index contributed by atoms with van der Waals surface area (Å²) in [5.74, 6) is 0.883. The number of rotatable bonds is 6. The van der Waals surface area contributed by atoms with Gasteiger partial charge in [0.05, 0.1) is 10.9 Å². The van der Waals surface area contributed by atoms with Crippen LogP contribution in [-0.2, 0) is 11.3 Å². The standard InChI is InChI=1S/C17H18ClN5O2S/c1-4-23-15(12-5-7-13(18)8-6-12)20-21-17(23)26-11(3)16(24)19-14-9-10(2)22-25-14/h5-9,11H,4H2,1-3H3,(H,19,24). The van der Waals surface area contributed by atoms with Gasteiger partial charge in [-0.3, -0.25) is 10.1 Å². The Morgan fingerprint density at radius 1 is 1.35 bits per heavy atom. The molecule has 26 heavy (non-hydrogen) atoms. The molecule has 0 saturated carbocycles. The summed E-state index contributed by atoms with van der Waals surface area (Å²) < 4.78 is 6.99. The SMILES string of the molecule is CCn1c(SC(C)C(=O)Nc2cc(C)no2)nnc1-c1ccc(Cl)cc1. The van der Waals surface area contributed by atoms with Crippen molar-refractivity contribution in [2.75, 3.05) is 5.32 Å². The van der Waals surface area contributed by atoms with Crippen molar-refractivity contribution in [1.29, 1.82) is 0 Å². The van der Waals surface area contributed by atoms with Gasteiger partial charge in [-0.25, -0.2) is 0 Å². The van der Waals surface area contributed by atoms with E-state index >= 15 is 0 Å². The number of hydrogen-bond acceptors (Lipinski definition) is 6. The van der Waals surface area contributed by atoms with Gasteiger partial charge in [0, 0.05) is 23.2 Å². The lowest BCUT2D eigenvalue weighted by Crippen LogP contribution is -2.22. The van der Waals surface area contributed by atoms with Gasteiger partial charge in [-0.15, -0.1) is 10.2 Å². The Morgan fingerprint density at radius 3 is 2.69 bits per heavy atom. The van der Waals surface area contributed by atoms with E-state index in [-0.39, 0.29) is 11.2 Å². The van der Waals surface area contributed by atoms with Gasteiger partial charge in [0.25, 0.3) is 0 Å². The van der Waals surface area contributed by atoms with Crippen LogP contribution in [0.3, 0.4) is 0 Å². The summed E-state index contributed by atoms with van der Waals surface area (Å²) in [6, 6.07) is 9.09. The molecular formula is C17H18ClN5O2S. The average Bonchev–Trinajstić information content (AvgIpc) is 3.21. The fraction of sp³-hybridized carbons (Fsp3) is 0.294. The average molecular weight is 392 g/mol. The molecule has 1 unspecified atom stereocenters. The first-order valence-corrected chi connectivity index (χ1v) is 9.33. The first-order chi connectivity index (χ1) is 12.5. The van der Waals surface area contributed by atoms with Gasteiger partial charge >= 0.3 is 0 Å². The molecule has 0 radical (unpaired) electrons. The third-order valence-corrected chi connectivity index (χ3v) is 4.99. The molecule has 7 nitrogen and oxygen atoms in total. The summed E-state index contributed by atoms with van der Waals surface area (Å²) >= 11 is 7.28. The number of anilines is 1. The molecule has 136 valence electrons. The first-order valence-electron chi connectivity index (χ1n) is 8.08. The lowest BCUT2D eigenvalue weighted by atomic mass is 10.2. The molecule has 3 rings (SSSR count). The topological polar surface area (TPSA) is 85.8 Å². The second kappa shape index (κ2) is 7.92. The summed E-state index contributed by atoms with van der Waals surface area (Å²) in [5.41, 5.74) is 1.63. The van der Waals surface area contributed by atoms with Crippen LogP contribution in [-0.4, -0.2) is 31.1 Å². The zero-order valence-corrected chi connectivity index (χ0v) is 16.1. The van der Waals surface area contributed by atoms with Crippen molar-refractivity contribution in [2.24, 2.45) is 0 Å². The minimum absolute atomic E-state index is 0.190. The minimum atomic E-state index is -0.382. The van der Waals surface area contributed by atoms with Gasteiger partial charge in [-0.05, 0) is 45.0 Å². The molecule has 0 aliphatic carbocycles. The summed E-state index contributed by atoms with van der Waals surface area (Å²) in [6.07, 6.45) is 0. The number of aromatic nitrogens is 4. The number of hydrogen-bond donors (Lipinski definition) is 1. The fourth-order valence-electron chi connectivity index (χ4n) is 2.33. The van der Waals surface area contributed by atoms with Gasteiger partial charge in [0.2, 0.25) is 11.8 Å². The van der Waals surface area contributed by atoms with Crippen LogP contribution in [0.5, 0.6) is 0 Å². The van der Waals surface area contributed by atoms with Crippen molar-refractivity contribution in [1.82, 2.24) is 19.9 Å². The molecule has 1 aromatic carbocycles. The maximum Gasteiger partial charge on any atom is 0.240 e. The molecule has 1 N–H and O–H groups in total. The van der Waals surface area contributed by atoms with Gasteiger partial charge in [0.1, 0.15) is 0 Å². The zero-order valence-electron chi connectivity index (χ0n) is 14.6. The van der Waals surface area contributed by atoms with Crippen molar-refractivity contribution < 1.29 is 9.32 Å². The van der Waals surface area contributed by atoms with Crippen LogP contribution < -0.4 is 5.32 Å². The number of amides is 1. The molecule has 3 aromatic rings. The van der Waals surface area contributed by atoms with Gasteiger partial charge in [-0.2, -0.15) is 0 Å². The molecule has 9 heteroatoms. The highest BCUT2D eigenvalue weighted by Gasteiger charge is 2.21. The molecule has 0 fully saturated rings. The van der Waals surface area contributed by atoms with Crippen LogP contribution in [0, 0.1) is 6.92 Å². The fourth-order valence-corrected chi connectivity index (χ4v) is 3.37. The Bertz CT molecular complexity index is 906. The molecule has 0 aliphatic heterocycles. The lowest BCUT2D eigenvalue weighted by molar-refractivity contribution is -0.115. The predicted molar refractivity (Wildman–Crippen MR) is 101 cm³/mol. The molecule has 0 saturated heterocycles. The van der Waals surface area contributed by atoms with Crippen LogP contribution in [0.4, 0.5) is 5.88 Å². The Labute approximate surface area is 160 Å². The minimum Gasteiger partial charge on any atom is -0.338 e. The molecule has 0 aliphatic rings. The Balaban J connectivity index is 1.75. The van der Waals surface area contributed by atoms with Crippen molar-refractivity contribution in [3.05, 3.63) is 41.0 Å². The van der Waals surface area contributed by atoms with E-state index in [0.29, 0.717) is 28.3 Å². The maximum absolute atomic E-state index is 12.3. The lowest BCUT2D eigenvalue weighted by Gasteiger charge is -2.11. The van der Waals surface area contributed by atoms with Crippen molar-refractivity contribution in [3.63, 3.8) is 0 Å². The van der Waals surface area contributed by atoms with Crippen molar-refractivity contribution in [2.45, 2.75) is 37.7 Å². The van der Waals surface area contributed by atoms with Crippen molar-refractivity contribution >= 4 is 35.2 Å². The summed E-state index contributed by atoms with van der Waals surface area (Å²) in [4.78, 5) is 12.3. The van der Waals surface area contributed by atoms with Crippen molar-refractivity contribution in [3.8, 4) is 11.4 Å². The molecule has 0 bridgehead atoms. The molecular weight excluding hydrogens is 374 g/mol. The Kier molecular flexibility index (Phi) is 5.63. The number of nitrogens with one attached hydrogen (secondary N) is 1. The third kappa shape index (κ3) is 4.08. The van der Waals surface area contributed by atoms with E-state index in [2.05, 4.69) is 20.7 Å². The largest absolute Gasteiger partial charge is 0.338 e. The first kappa shape index (κ1) is 18.5. The van der Waals surface area contributed by atoms with Crippen LogP contribution >= 0.6 is 23.4 Å². The van der Waals surface area contributed by atoms with E-state index in [4.69, 9.17) is 16.1 Å². The molecule has 0 spiro atoms. The molecule has 2 aromatic heterocycles. The third-order valence-electron chi connectivity index (χ3n) is 3.66. The highest BCUT2D eigenvalue weighted by Crippen LogP contribution is 2.28. The highest BCUT2D eigenvalue weighted by atomic mass is 35.5. The number of halogens is 1. The van der Waals surface area contributed by atoms with Crippen LogP contribution in [0.2, 0.25) is 5.02 Å². The predicted octanol–water partition coefficient (Wildman–Crippen LogP) is 4.03. The number of benzene rings is 1. The van der Waals surface area contributed by atoms with E-state index in [1.165, 1.54) is 11.8 Å². The summed E-state index contributed by atoms with van der Waals surface area (Å²) in [7, 11) is 0. The molecule has 1 amide bonds. The molecule has 1 atom stereocenters. The summed E-state index contributed by atoms with van der Waals surface area (Å²) in [5, 5.41) is 15.9. The number of nitrogens with zero attached hydrogens (tertiary/aromatic N) is 4. The van der Waals surface area contributed by atoms with E-state index < -0.39 is 0 Å². The highest BCUT2D eigenvalue weighted by molar-refractivity contribution is 8.00. The number of carbonyl (C=O) groups excluding carboxylic acids is 1. The smallest absolute Gasteiger partial charge is 0.240 e. The van der Waals surface area contributed by atoms with E-state index in [1.54, 1.807) is 19.9 Å². The van der Waals surface area contributed by atoms with E-state index in [9.17, 15) is 4.79 Å². The van der Waals surface area contributed by atoms with Gasteiger partial charge in [0.15, 0.2) is 11.0 Å². The monoisotopic (exact) mass is 391 g/mol. The number of thioether (sulfide) groups is 1. The Morgan fingerprint density at radius 2 is 2.08 bits per heavy atom. The normalized spacial score (nSPS) is 12.2. The van der Waals surface area contributed by atoms with E-state index in [0.717, 1.165) is 11.4 Å². The summed E-state index contributed by atoms with van der Waals surface area (Å²) in [6.45, 7) is 6.29. The van der Waals surface area contributed by atoms with Gasteiger partial charge in [-0.1, -0.05) is 28.5 Å². The second-order valence-corrected chi connectivity index (χ2v) is 7.38. The Hall–Kier alpha value is -2.32.